The molecule has 1 rings (SSSR count). The molecule has 0 unspecified atom stereocenters. The molecule has 1 aliphatic rings. The lowest BCUT2D eigenvalue weighted by Crippen LogP contribution is -2.34. The molecule has 0 atom stereocenters. The zero-order valence-electron chi connectivity index (χ0n) is 4.91. The lowest BCUT2D eigenvalue weighted by molar-refractivity contribution is 0.0775. The average molecular weight is 182 g/mol. The van der Waals surface area contributed by atoms with Gasteiger partial charge in [-0.3, -0.25) is 8.20 Å². The van der Waals surface area contributed by atoms with E-state index < -0.39 is 0 Å². The van der Waals surface area contributed by atoms with Gasteiger partial charge in [0.15, 0.2) is 0 Å². The molecule has 1 saturated heterocycles. The molecule has 0 spiro atoms. The van der Waals surface area contributed by atoms with Crippen LogP contribution in [0.2, 0.25) is 0 Å². The largest absolute Gasteiger partial charge is 0.379 e. The normalized spacial score (nSPS) is 22.8. The van der Waals surface area contributed by atoms with Crippen molar-refractivity contribution in [1.29, 1.82) is 0 Å². The first kappa shape index (κ1) is 7.81. The van der Waals surface area contributed by atoms with E-state index in [9.17, 15) is 0 Å². The molecule has 2 nitrogen and oxygen atoms in total. The van der Waals surface area contributed by atoms with Crippen molar-refractivity contribution in [2.45, 2.75) is 0 Å². The van der Waals surface area contributed by atoms with E-state index in [-0.39, 0.29) is 8.20 Å². The Labute approximate surface area is 66.1 Å². The van der Waals surface area contributed by atoms with Gasteiger partial charge in [0, 0.05) is 13.1 Å². The van der Waals surface area contributed by atoms with Crippen LogP contribution in [-0.4, -0.2) is 30.6 Å². The van der Waals surface area contributed by atoms with Crippen LogP contribution in [0.5, 0.6) is 0 Å². The lowest BCUT2D eigenvalue weighted by Gasteiger charge is -2.31. The molecule has 1 aliphatic heterocycles. The van der Waals surface area contributed by atoms with Crippen molar-refractivity contribution in [3.8, 4) is 0 Å². The van der Waals surface area contributed by atoms with Crippen molar-refractivity contribution in [3.05, 3.63) is 0 Å². The topological polar surface area (TPSA) is 12.5 Å². The average Bonchev–Trinajstić information content (AvgIpc) is 1.90. The van der Waals surface area contributed by atoms with Gasteiger partial charge in [-0.15, -0.1) is 0 Å². The van der Waals surface area contributed by atoms with Crippen LogP contribution < -0.4 is 0 Å². The van der Waals surface area contributed by atoms with Crippen LogP contribution >= 0.6 is 0 Å². The predicted octanol–water partition coefficient (Wildman–Crippen LogP) is -0.224. The third-order valence-electron chi connectivity index (χ3n) is 1.18. The number of ether oxygens (including phenoxy) is 1. The van der Waals surface area contributed by atoms with Gasteiger partial charge in [-0.05, 0) is 0 Å². The maximum absolute atomic E-state index is 5.12. The summed E-state index contributed by atoms with van der Waals surface area (Å²) in [5.74, 6) is 0. The van der Waals surface area contributed by atoms with Crippen molar-refractivity contribution in [2.75, 3.05) is 26.3 Å². The van der Waals surface area contributed by atoms with Gasteiger partial charge < -0.3 is 9.04 Å². The highest BCUT2D eigenvalue weighted by Crippen LogP contribution is 1.95. The molecule has 0 aromatic heterocycles. The molecule has 1 fully saturated rings. The van der Waals surface area contributed by atoms with E-state index in [0.29, 0.717) is 0 Å². The second kappa shape index (κ2) is 3.78. The van der Waals surface area contributed by atoms with Crippen LogP contribution in [0, 0.1) is 0 Å². The molecule has 0 saturated carbocycles. The molecule has 0 aliphatic carbocycles. The number of morpholine rings is 1. The summed E-state index contributed by atoms with van der Waals surface area (Å²) >= 11 is 9.82. The molecule has 1 heterocycles. The maximum atomic E-state index is 5.12. The van der Waals surface area contributed by atoms with Crippen molar-refractivity contribution in [3.63, 3.8) is 0 Å². The van der Waals surface area contributed by atoms with E-state index >= 15 is 0 Å². The SMILES string of the molecule is S=[S-](=S)N1CCOCC1. The highest BCUT2D eigenvalue weighted by Gasteiger charge is 2.01. The van der Waals surface area contributed by atoms with E-state index in [4.69, 9.17) is 27.1 Å². The predicted molar refractivity (Wildman–Crippen MR) is 44.5 cm³/mol. The molecule has 0 N–H and O–H groups in total. The summed E-state index contributed by atoms with van der Waals surface area (Å²) in [5, 5.41) is 0. The monoisotopic (exact) mass is 182 g/mol. The Morgan fingerprint density at radius 3 is 2.11 bits per heavy atom. The number of hydrogen-bond donors (Lipinski definition) is 0. The summed E-state index contributed by atoms with van der Waals surface area (Å²) in [6.07, 6.45) is 0. The van der Waals surface area contributed by atoms with Crippen LogP contribution in [-0.2, 0) is 35.3 Å². The fourth-order valence-electron chi connectivity index (χ4n) is 0.696. The van der Waals surface area contributed by atoms with Crippen molar-refractivity contribution < 1.29 is 4.74 Å². The van der Waals surface area contributed by atoms with Crippen LogP contribution in [0.15, 0.2) is 0 Å². The summed E-state index contributed by atoms with van der Waals surface area (Å²) in [5.41, 5.74) is 0. The highest BCUT2D eigenvalue weighted by atomic mass is 33.1. The van der Waals surface area contributed by atoms with E-state index in [1.807, 2.05) is 0 Å². The number of rotatable bonds is 1. The van der Waals surface area contributed by atoms with Gasteiger partial charge in [-0.25, -0.2) is 22.4 Å². The summed E-state index contributed by atoms with van der Waals surface area (Å²) in [4.78, 5) is 0. The molecular formula is C4H8NOS3-. The minimum Gasteiger partial charge on any atom is -0.379 e. The van der Waals surface area contributed by atoms with E-state index in [0.717, 1.165) is 26.3 Å². The molecule has 54 valence electrons. The first-order valence-electron chi connectivity index (χ1n) is 2.73. The zero-order chi connectivity index (χ0) is 6.69. The minimum atomic E-state index is -0.382. The second-order valence-corrected chi connectivity index (χ2v) is 5.24. The molecule has 5 heteroatoms. The molecule has 0 aromatic carbocycles. The Kier molecular flexibility index (Phi) is 3.28. The summed E-state index contributed by atoms with van der Waals surface area (Å²) < 4.78 is 7.21. The maximum Gasteiger partial charge on any atom is 0.0578 e. The molecule has 0 bridgehead atoms. The summed E-state index contributed by atoms with van der Waals surface area (Å²) in [6.45, 7) is 3.40. The quantitative estimate of drug-likeness (QED) is 0.519. The van der Waals surface area contributed by atoms with E-state index in [2.05, 4.69) is 4.31 Å². The Hall–Kier alpha value is 0.710. The van der Waals surface area contributed by atoms with Crippen molar-refractivity contribution in [2.24, 2.45) is 0 Å². The van der Waals surface area contributed by atoms with Gasteiger partial charge >= 0.3 is 0 Å². The summed E-state index contributed by atoms with van der Waals surface area (Å²) in [6, 6.07) is 0. The summed E-state index contributed by atoms with van der Waals surface area (Å²) in [7, 11) is -0.382. The van der Waals surface area contributed by atoms with Crippen molar-refractivity contribution >= 4 is 30.6 Å². The fraction of sp³-hybridized carbons (Fsp3) is 1.00. The molecule has 0 radical (unpaired) electrons. The molecular weight excluding hydrogens is 174 g/mol. The first-order chi connectivity index (χ1) is 4.30. The Balaban J connectivity index is 2.40. The van der Waals surface area contributed by atoms with Crippen LogP contribution in [0.25, 0.3) is 0 Å². The van der Waals surface area contributed by atoms with E-state index in [1.54, 1.807) is 0 Å². The molecule has 0 aromatic rings. The Morgan fingerprint density at radius 1 is 1.22 bits per heavy atom. The number of hydrogen-bond acceptors (Lipinski definition) is 4. The van der Waals surface area contributed by atoms with E-state index in [1.165, 1.54) is 0 Å². The third kappa shape index (κ3) is 2.43. The zero-order valence-corrected chi connectivity index (χ0v) is 7.36. The van der Waals surface area contributed by atoms with Gasteiger partial charge in [0.25, 0.3) is 0 Å². The van der Waals surface area contributed by atoms with Gasteiger partial charge in [0.2, 0.25) is 0 Å². The minimum absolute atomic E-state index is 0.382. The third-order valence-corrected chi connectivity index (χ3v) is 3.23. The van der Waals surface area contributed by atoms with Crippen LogP contribution in [0.1, 0.15) is 0 Å². The highest BCUT2D eigenvalue weighted by molar-refractivity contribution is 8.45. The fourth-order valence-corrected chi connectivity index (χ4v) is 2.04. The Bertz CT molecular complexity index is 142. The van der Waals surface area contributed by atoms with Crippen LogP contribution in [0.4, 0.5) is 0 Å². The van der Waals surface area contributed by atoms with Gasteiger partial charge in [0.1, 0.15) is 0 Å². The van der Waals surface area contributed by atoms with Crippen molar-refractivity contribution in [1.82, 2.24) is 4.31 Å². The lowest BCUT2D eigenvalue weighted by atomic mass is 10.5. The first-order valence-corrected chi connectivity index (χ1v) is 5.76. The standard InChI is InChI=1S/C4H8NOS3/c7-9(8)5-1-3-6-4-2-5/h1-4H2/q-1. The number of nitrogens with zero attached hydrogens (tertiary/aromatic N) is 1. The molecule has 9 heavy (non-hydrogen) atoms. The van der Waals surface area contributed by atoms with Gasteiger partial charge in [0.05, 0.1) is 13.2 Å². The van der Waals surface area contributed by atoms with Gasteiger partial charge in [-0.1, -0.05) is 0 Å². The Morgan fingerprint density at radius 2 is 1.78 bits per heavy atom. The molecule has 0 amide bonds. The van der Waals surface area contributed by atoms with Crippen LogP contribution in [0.3, 0.4) is 0 Å². The smallest absolute Gasteiger partial charge is 0.0578 e. The second-order valence-electron chi connectivity index (χ2n) is 1.76. The van der Waals surface area contributed by atoms with Gasteiger partial charge in [-0.2, -0.15) is 0 Å².